The van der Waals surface area contributed by atoms with Crippen LogP contribution in [0.15, 0.2) is 30.3 Å². The van der Waals surface area contributed by atoms with Crippen LogP contribution in [-0.4, -0.2) is 59.8 Å². The minimum atomic E-state index is -1.32. The van der Waals surface area contributed by atoms with E-state index in [9.17, 15) is 14.3 Å². The van der Waals surface area contributed by atoms with Crippen LogP contribution in [0.1, 0.15) is 5.56 Å². The number of nitrogens with zero attached hydrogens (tertiary/aromatic N) is 2. The van der Waals surface area contributed by atoms with Crippen LogP contribution in [0.2, 0.25) is 0 Å². The largest absolute Gasteiger partial charge is 0.388 e. The molecule has 0 unspecified atom stereocenters. The van der Waals surface area contributed by atoms with Gasteiger partial charge in [0.25, 0.3) is 0 Å². The number of amides is 1. The van der Waals surface area contributed by atoms with E-state index in [0.717, 1.165) is 5.56 Å². The third-order valence-electron chi connectivity index (χ3n) is 3.27. The van der Waals surface area contributed by atoms with Crippen molar-refractivity contribution in [3.05, 3.63) is 35.9 Å². The first-order chi connectivity index (χ1) is 9.06. The fraction of sp³-hybridized carbons (Fsp3) is 0.500. The van der Waals surface area contributed by atoms with Crippen LogP contribution in [0.25, 0.3) is 0 Å². The number of halogens is 1. The molecule has 2 rings (SSSR count). The van der Waals surface area contributed by atoms with Gasteiger partial charge in [0.1, 0.15) is 12.3 Å². The molecule has 1 N–H and O–H groups in total. The van der Waals surface area contributed by atoms with Gasteiger partial charge in [0.15, 0.2) is 0 Å². The molecule has 0 aliphatic carbocycles. The summed E-state index contributed by atoms with van der Waals surface area (Å²) >= 11 is 0. The second-order valence-electron chi connectivity index (χ2n) is 5.04. The van der Waals surface area contributed by atoms with Gasteiger partial charge in [-0.25, -0.2) is 4.39 Å². The lowest BCUT2D eigenvalue weighted by Crippen LogP contribution is -2.38. The number of rotatable bonds is 4. The highest BCUT2D eigenvalue weighted by molar-refractivity contribution is 5.78. The summed E-state index contributed by atoms with van der Waals surface area (Å²) < 4.78 is 13.2. The van der Waals surface area contributed by atoms with Gasteiger partial charge in [-0.2, -0.15) is 0 Å². The molecule has 104 valence electrons. The smallest absolute Gasteiger partial charge is 0.236 e. The molecule has 0 radical (unpaired) electrons. The van der Waals surface area contributed by atoms with Crippen molar-refractivity contribution in [1.82, 2.24) is 9.80 Å². The summed E-state index contributed by atoms with van der Waals surface area (Å²) in [6.07, 6.45) is -2.35. The van der Waals surface area contributed by atoms with Crippen LogP contribution >= 0.6 is 0 Å². The minimum absolute atomic E-state index is 0.000816. The first-order valence-electron chi connectivity index (χ1n) is 6.38. The third kappa shape index (κ3) is 3.75. The maximum absolute atomic E-state index is 13.2. The molecule has 0 spiro atoms. The lowest BCUT2D eigenvalue weighted by Gasteiger charge is -2.21. The third-order valence-corrected chi connectivity index (χ3v) is 3.27. The van der Waals surface area contributed by atoms with E-state index in [0.29, 0.717) is 6.54 Å². The highest BCUT2D eigenvalue weighted by atomic mass is 19.1. The number of alkyl halides is 1. The lowest BCUT2D eigenvalue weighted by atomic mass is 10.2. The second kappa shape index (κ2) is 6.12. The molecule has 1 aromatic rings. The van der Waals surface area contributed by atoms with Gasteiger partial charge >= 0.3 is 0 Å². The van der Waals surface area contributed by atoms with E-state index in [-0.39, 0.29) is 25.5 Å². The fourth-order valence-corrected chi connectivity index (χ4v) is 2.23. The van der Waals surface area contributed by atoms with E-state index in [1.165, 1.54) is 4.90 Å². The van der Waals surface area contributed by atoms with Crippen molar-refractivity contribution in [2.24, 2.45) is 0 Å². The Balaban J connectivity index is 1.82. The van der Waals surface area contributed by atoms with Crippen LogP contribution in [-0.2, 0) is 11.3 Å². The molecule has 1 amide bonds. The maximum Gasteiger partial charge on any atom is 0.236 e. The Bertz CT molecular complexity index is 417. The van der Waals surface area contributed by atoms with Gasteiger partial charge in [-0.1, -0.05) is 30.3 Å². The Morgan fingerprint density at radius 1 is 1.42 bits per heavy atom. The molecule has 1 saturated heterocycles. The van der Waals surface area contributed by atoms with Gasteiger partial charge < -0.3 is 10.0 Å². The predicted molar refractivity (Wildman–Crippen MR) is 70.3 cm³/mol. The first-order valence-corrected chi connectivity index (χ1v) is 6.38. The molecule has 0 aromatic heterocycles. The zero-order valence-electron chi connectivity index (χ0n) is 11.0. The van der Waals surface area contributed by atoms with E-state index >= 15 is 0 Å². The average Bonchev–Trinajstić information content (AvgIpc) is 2.71. The number of aliphatic hydroxyl groups is 1. The molecule has 1 aliphatic heterocycles. The topological polar surface area (TPSA) is 43.8 Å². The Morgan fingerprint density at radius 3 is 2.68 bits per heavy atom. The summed E-state index contributed by atoms with van der Waals surface area (Å²) in [7, 11) is 1.85. The van der Waals surface area contributed by atoms with E-state index in [4.69, 9.17) is 0 Å². The second-order valence-corrected chi connectivity index (χ2v) is 5.04. The molecule has 1 fully saturated rings. The summed E-state index contributed by atoms with van der Waals surface area (Å²) in [6, 6.07) is 9.85. The standard InChI is InChI=1S/C14H19FN2O2/c1-16(7-11-5-3-2-4-6-11)10-14(19)17-8-12(15)13(18)9-17/h2-6,12-13,18H,7-10H2,1H3/t12-,13-/m1/s1. The minimum Gasteiger partial charge on any atom is -0.388 e. The highest BCUT2D eigenvalue weighted by Gasteiger charge is 2.33. The number of β-amino-alcohol motifs (C(OH)–C–C–N with tert-alkyl or cyclic N) is 1. The van der Waals surface area contributed by atoms with Crippen LogP contribution in [0, 0.1) is 0 Å². The van der Waals surface area contributed by atoms with Gasteiger partial charge in [0.2, 0.25) is 5.91 Å². The van der Waals surface area contributed by atoms with Crippen molar-refractivity contribution in [3.63, 3.8) is 0 Å². The Hall–Kier alpha value is -1.46. The van der Waals surface area contributed by atoms with Crippen molar-refractivity contribution in [3.8, 4) is 0 Å². The number of likely N-dealkylation sites (N-methyl/N-ethyl adjacent to an activating group) is 1. The fourth-order valence-electron chi connectivity index (χ4n) is 2.23. The highest BCUT2D eigenvalue weighted by Crippen LogP contribution is 2.13. The molecule has 1 aliphatic rings. The van der Waals surface area contributed by atoms with Crippen LogP contribution in [0.5, 0.6) is 0 Å². The maximum atomic E-state index is 13.2. The summed E-state index contributed by atoms with van der Waals surface area (Å²) in [5.74, 6) is -0.141. The van der Waals surface area contributed by atoms with Crippen molar-refractivity contribution in [1.29, 1.82) is 0 Å². The van der Waals surface area contributed by atoms with Gasteiger partial charge in [0.05, 0.1) is 13.1 Å². The molecular formula is C14H19FN2O2. The van der Waals surface area contributed by atoms with Crippen LogP contribution < -0.4 is 0 Å². The van der Waals surface area contributed by atoms with E-state index in [1.54, 1.807) is 0 Å². The Labute approximate surface area is 112 Å². The molecule has 5 heteroatoms. The monoisotopic (exact) mass is 266 g/mol. The van der Waals surface area contributed by atoms with Crippen molar-refractivity contribution >= 4 is 5.91 Å². The van der Waals surface area contributed by atoms with Crippen LogP contribution in [0.3, 0.4) is 0 Å². The zero-order chi connectivity index (χ0) is 13.8. The predicted octanol–water partition coefficient (Wildman–Crippen LogP) is 0.660. The van der Waals surface area contributed by atoms with E-state index in [1.807, 2.05) is 42.3 Å². The summed E-state index contributed by atoms with van der Waals surface area (Å²) in [5.41, 5.74) is 1.13. The molecule has 19 heavy (non-hydrogen) atoms. The zero-order valence-corrected chi connectivity index (χ0v) is 11.0. The summed E-state index contributed by atoms with van der Waals surface area (Å²) in [5, 5.41) is 9.30. The number of hydrogen-bond donors (Lipinski definition) is 1. The van der Waals surface area contributed by atoms with Crippen molar-refractivity contribution in [2.75, 3.05) is 26.7 Å². The van der Waals surface area contributed by atoms with E-state index < -0.39 is 12.3 Å². The number of carbonyl (C=O) groups excluding carboxylic acids is 1. The first kappa shape index (κ1) is 14.0. The molecule has 0 bridgehead atoms. The number of benzene rings is 1. The molecule has 1 heterocycles. The average molecular weight is 266 g/mol. The van der Waals surface area contributed by atoms with Gasteiger partial charge in [-0.3, -0.25) is 9.69 Å². The lowest BCUT2D eigenvalue weighted by molar-refractivity contribution is -0.131. The van der Waals surface area contributed by atoms with Gasteiger partial charge in [-0.05, 0) is 12.6 Å². The van der Waals surface area contributed by atoms with Gasteiger partial charge in [0, 0.05) is 13.1 Å². The quantitative estimate of drug-likeness (QED) is 0.870. The molecule has 1 aromatic carbocycles. The molecule has 2 atom stereocenters. The van der Waals surface area contributed by atoms with Gasteiger partial charge in [-0.15, -0.1) is 0 Å². The van der Waals surface area contributed by atoms with E-state index in [2.05, 4.69) is 0 Å². The van der Waals surface area contributed by atoms with Crippen molar-refractivity contribution in [2.45, 2.75) is 18.8 Å². The molecule has 4 nitrogen and oxygen atoms in total. The molecule has 0 saturated carbocycles. The van der Waals surface area contributed by atoms with Crippen LogP contribution in [0.4, 0.5) is 4.39 Å². The number of likely N-dealkylation sites (tertiary alicyclic amines) is 1. The normalized spacial score (nSPS) is 23.1. The number of aliphatic hydroxyl groups excluding tert-OH is 1. The Kier molecular flexibility index (Phi) is 4.50. The Morgan fingerprint density at radius 2 is 2.11 bits per heavy atom. The number of carbonyl (C=O) groups is 1. The summed E-state index contributed by atoms with van der Waals surface area (Å²) in [4.78, 5) is 15.2. The number of hydrogen-bond acceptors (Lipinski definition) is 3. The SMILES string of the molecule is CN(CC(=O)N1C[C@@H](O)[C@H](F)C1)Cc1ccccc1. The van der Waals surface area contributed by atoms with Crippen molar-refractivity contribution < 1.29 is 14.3 Å². The summed E-state index contributed by atoms with van der Waals surface area (Å²) in [6.45, 7) is 0.995. The molecular weight excluding hydrogens is 247 g/mol.